The molecular formula is C31H27N5O2. The first-order valence-corrected chi connectivity index (χ1v) is 12.2. The molecule has 7 nitrogen and oxygen atoms in total. The Labute approximate surface area is 221 Å². The van der Waals surface area contributed by atoms with Crippen LogP contribution in [0.15, 0.2) is 106 Å². The summed E-state index contributed by atoms with van der Waals surface area (Å²) in [7, 11) is 1.58. The zero-order valence-corrected chi connectivity index (χ0v) is 21.4. The first-order valence-electron chi connectivity index (χ1n) is 12.2. The van der Waals surface area contributed by atoms with Crippen molar-refractivity contribution in [2.75, 3.05) is 17.9 Å². The van der Waals surface area contributed by atoms with Gasteiger partial charge in [-0.1, -0.05) is 42.0 Å². The summed E-state index contributed by atoms with van der Waals surface area (Å²) in [4.78, 5) is 13.1. The Hall–Kier alpha value is -5.04. The highest BCUT2D eigenvalue weighted by Gasteiger charge is 2.20. The molecule has 4 aromatic carbocycles. The van der Waals surface area contributed by atoms with Gasteiger partial charge in [-0.05, 0) is 79.6 Å². The summed E-state index contributed by atoms with van der Waals surface area (Å²) in [6, 6.07) is 27.1. The average Bonchev–Trinajstić information content (AvgIpc) is 2.93. The summed E-state index contributed by atoms with van der Waals surface area (Å²) >= 11 is 0. The molecule has 5 rings (SSSR count). The molecule has 0 radical (unpaired) electrons. The number of para-hydroxylation sites is 1. The van der Waals surface area contributed by atoms with Crippen molar-refractivity contribution in [2.24, 2.45) is 15.3 Å². The number of methoxy groups -OCH3 is 1. The number of ketones is 1. The molecular weight excluding hydrogens is 474 g/mol. The Kier molecular flexibility index (Phi) is 7.08. The number of allylic oxidation sites excluding steroid dienone is 1. The van der Waals surface area contributed by atoms with E-state index < -0.39 is 0 Å². The number of hydrogen-bond acceptors (Lipinski definition) is 7. The molecule has 7 heteroatoms. The van der Waals surface area contributed by atoms with E-state index in [1.807, 2.05) is 98.8 Å². The number of azo groups is 1. The first-order chi connectivity index (χ1) is 18.5. The quantitative estimate of drug-likeness (QED) is 0.198. The largest absolute Gasteiger partial charge is 0.494 e. The van der Waals surface area contributed by atoms with Crippen molar-refractivity contribution in [1.29, 1.82) is 0 Å². The number of aryl methyl sites for hydroxylation is 2. The lowest BCUT2D eigenvalue weighted by Gasteiger charge is -2.15. The lowest BCUT2D eigenvalue weighted by atomic mass is 9.94. The molecule has 0 saturated carbocycles. The van der Waals surface area contributed by atoms with Crippen LogP contribution in [0.2, 0.25) is 0 Å². The van der Waals surface area contributed by atoms with Crippen molar-refractivity contribution >= 4 is 46.0 Å². The smallest absolute Gasteiger partial charge is 0.213 e. The van der Waals surface area contributed by atoms with E-state index in [0.29, 0.717) is 28.4 Å². The second kappa shape index (κ2) is 10.9. The van der Waals surface area contributed by atoms with E-state index in [2.05, 4.69) is 26.1 Å². The highest BCUT2D eigenvalue weighted by molar-refractivity contribution is 6.52. The van der Waals surface area contributed by atoms with Gasteiger partial charge in [-0.25, -0.2) is 0 Å². The van der Waals surface area contributed by atoms with Crippen molar-refractivity contribution in [3.8, 4) is 5.75 Å². The minimum atomic E-state index is -0.152. The van der Waals surface area contributed by atoms with Crippen molar-refractivity contribution in [2.45, 2.75) is 13.8 Å². The van der Waals surface area contributed by atoms with Crippen LogP contribution in [-0.4, -0.2) is 18.6 Å². The van der Waals surface area contributed by atoms with E-state index in [9.17, 15) is 4.79 Å². The number of benzene rings is 4. The normalized spacial score (nSPS) is 13.6. The van der Waals surface area contributed by atoms with Gasteiger partial charge in [0.25, 0.3) is 0 Å². The van der Waals surface area contributed by atoms with Gasteiger partial charge in [-0.2, -0.15) is 15.3 Å². The number of Topliss-reactive ketones (excluding diaryl/α,β-unsaturated/α-hetero) is 1. The molecule has 0 bridgehead atoms. The zero-order chi connectivity index (χ0) is 26.5. The second-order valence-electron chi connectivity index (χ2n) is 8.94. The van der Waals surface area contributed by atoms with Crippen LogP contribution in [-0.2, 0) is 0 Å². The topological polar surface area (TPSA) is 87.4 Å². The Bertz CT molecular complexity index is 1570. The maximum absolute atomic E-state index is 13.1. The van der Waals surface area contributed by atoms with Gasteiger partial charge in [0.2, 0.25) is 5.78 Å². The molecule has 0 unspecified atom stereocenters. The number of ether oxygens (including phenoxy) is 1. The number of carbonyl (C=O) groups is 1. The van der Waals surface area contributed by atoms with E-state index in [1.54, 1.807) is 19.3 Å². The Balaban J connectivity index is 1.33. The summed E-state index contributed by atoms with van der Waals surface area (Å²) < 4.78 is 5.55. The molecule has 1 aliphatic rings. The fourth-order valence-corrected chi connectivity index (χ4v) is 4.03. The molecule has 0 saturated heterocycles. The van der Waals surface area contributed by atoms with Gasteiger partial charge in [0.1, 0.15) is 11.5 Å². The SMILES string of the molecule is COc1cc(/N=N/c2ccc(C)cc2)c(C)cc1N/N=C1/C=Cc2cc(Nc3ccccc3)ccc2C1=O. The maximum Gasteiger partial charge on any atom is 0.213 e. The summed E-state index contributed by atoms with van der Waals surface area (Å²) in [5.74, 6) is 0.391. The van der Waals surface area contributed by atoms with E-state index in [1.165, 1.54) is 5.56 Å². The molecule has 1 aliphatic carbocycles. The number of anilines is 3. The maximum atomic E-state index is 13.1. The van der Waals surface area contributed by atoms with E-state index >= 15 is 0 Å². The van der Waals surface area contributed by atoms with Gasteiger partial charge in [0, 0.05) is 23.0 Å². The lowest BCUT2D eigenvalue weighted by Crippen LogP contribution is -2.18. The molecule has 0 aliphatic heterocycles. The highest BCUT2D eigenvalue weighted by atomic mass is 16.5. The molecule has 0 fully saturated rings. The summed E-state index contributed by atoms with van der Waals surface area (Å²) in [6.45, 7) is 3.96. The third-order valence-corrected chi connectivity index (χ3v) is 6.13. The minimum absolute atomic E-state index is 0.152. The monoisotopic (exact) mass is 501 g/mol. The first kappa shape index (κ1) is 24.6. The second-order valence-corrected chi connectivity index (χ2v) is 8.94. The molecule has 4 aromatic rings. The van der Waals surface area contributed by atoms with Gasteiger partial charge >= 0.3 is 0 Å². The van der Waals surface area contributed by atoms with Crippen LogP contribution in [0.4, 0.5) is 28.4 Å². The Morgan fingerprint density at radius 3 is 2.34 bits per heavy atom. The molecule has 0 heterocycles. The average molecular weight is 502 g/mol. The Morgan fingerprint density at radius 1 is 0.789 bits per heavy atom. The molecule has 0 aromatic heterocycles. The number of carbonyl (C=O) groups excluding carboxylic acids is 1. The highest BCUT2D eigenvalue weighted by Crippen LogP contribution is 2.34. The van der Waals surface area contributed by atoms with Crippen LogP contribution in [0, 0.1) is 13.8 Å². The summed E-state index contributed by atoms with van der Waals surface area (Å²) in [5.41, 5.74) is 10.8. The minimum Gasteiger partial charge on any atom is -0.494 e. The Morgan fingerprint density at radius 2 is 1.58 bits per heavy atom. The molecule has 0 amide bonds. The molecule has 188 valence electrons. The number of fused-ring (bicyclic) bond motifs is 1. The van der Waals surface area contributed by atoms with E-state index in [4.69, 9.17) is 4.74 Å². The fourth-order valence-electron chi connectivity index (χ4n) is 4.03. The number of rotatable bonds is 7. The van der Waals surface area contributed by atoms with Crippen molar-refractivity contribution in [3.05, 3.63) is 113 Å². The number of nitrogens with zero attached hydrogens (tertiary/aromatic N) is 3. The zero-order valence-electron chi connectivity index (χ0n) is 21.4. The van der Waals surface area contributed by atoms with Crippen LogP contribution in [0.1, 0.15) is 27.0 Å². The number of hydrazone groups is 1. The van der Waals surface area contributed by atoms with Gasteiger partial charge < -0.3 is 10.1 Å². The predicted octanol–water partition coefficient (Wildman–Crippen LogP) is 8.15. The van der Waals surface area contributed by atoms with Gasteiger partial charge in [0.15, 0.2) is 0 Å². The van der Waals surface area contributed by atoms with Crippen molar-refractivity contribution in [3.63, 3.8) is 0 Å². The van der Waals surface area contributed by atoms with Crippen molar-refractivity contribution in [1.82, 2.24) is 0 Å². The van der Waals surface area contributed by atoms with E-state index in [-0.39, 0.29) is 5.78 Å². The standard InChI is InChI=1S/C31H27N5O2/c1-20-9-12-24(13-10-20)33-35-28-19-30(38-3)29(17-21(28)2)36-34-27-16-11-22-18-25(14-15-26(22)31(27)37)32-23-7-5-4-6-8-23/h4-19,32,36H,1-3H3/b34-27-,35-33+. The third kappa shape index (κ3) is 5.52. The molecule has 0 atom stereocenters. The molecule has 38 heavy (non-hydrogen) atoms. The molecule has 0 spiro atoms. The summed E-state index contributed by atoms with van der Waals surface area (Å²) in [5, 5.41) is 16.5. The van der Waals surface area contributed by atoms with Crippen LogP contribution in [0.3, 0.4) is 0 Å². The molecule has 2 N–H and O–H groups in total. The number of nitrogens with one attached hydrogen (secondary N) is 2. The summed E-state index contributed by atoms with van der Waals surface area (Å²) in [6.07, 6.45) is 3.61. The van der Waals surface area contributed by atoms with Crippen LogP contribution in [0.25, 0.3) is 6.08 Å². The number of hydrogen-bond donors (Lipinski definition) is 2. The van der Waals surface area contributed by atoms with Crippen molar-refractivity contribution < 1.29 is 9.53 Å². The lowest BCUT2D eigenvalue weighted by molar-refractivity contribution is 0.106. The van der Waals surface area contributed by atoms with Crippen LogP contribution >= 0.6 is 0 Å². The van der Waals surface area contributed by atoms with Gasteiger partial charge in [-0.3, -0.25) is 10.2 Å². The van der Waals surface area contributed by atoms with Gasteiger partial charge in [0.05, 0.1) is 24.2 Å². The van der Waals surface area contributed by atoms with Crippen LogP contribution in [0.5, 0.6) is 5.75 Å². The fraction of sp³-hybridized carbons (Fsp3) is 0.0968. The van der Waals surface area contributed by atoms with Crippen LogP contribution < -0.4 is 15.5 Å². The predicted molar refractivity (Wildman–Crippen MR) is 154 cm³/mol. The van der Waals surface area contributed by atoms with E-state index in [0.717, 1.165) is 28.2 Å². The van der Waals surface area contributed by atoms with Gasteiger partial charge in [-0.15, -0.1) is 0 Å². The third-order valence-electron chi connectivity index (χ3n) is 6.13.